The van der Waals surface area contributed by atoms with E-state index in [0.717, 1.165) is 36.2 Å². The number of ether oxygens (including phenoxy) is 1. The number of aromatic nitrogens is 3. The Bertz CT molecular complexity index is 1330. The van der Waals surface area contributed by atoms with Crippen molar-refractivity contribution in [2.75, 3.05) is 7.11 Å². The van der Waals surface area contributed by atoms with E-state index < -0.39 is 22.9 Å². The van der Waals surface area contributed by atoms with Gasteiger partial charge < -0.3 is 14.3 Å². The molecule has 0 unspecified atom stereocenters. The standard InChI is InChI=1S/C22H16F3N3O4S/c1-31-16-7-5-13(6-8-16)20-26-27-21(33-12-17-10-18(29)19(30)11-32-17)28(20)15-4-2-3-14(9-15)22(23,24)25/h2-11,30H,12H2,1H3. The topological polar surface area (TPSA) is 90.4 Å². The number of benzene rings is 2. The molecule has 170 valence electrons. The molecule has 0 spiro atoms. The van der Waals surface area contributed by atoms with Gasteiger partial charge in [-0.05, 0) is 42.5 Å². The molecule has 0 radical (unpaired) electrons. The van der Waals surface area contributed by atoms with Gasteiger partial charge in [0.15, 0.2) is 16.7 Å². The Morgan fingerprint density at radius 2 is 1.88 bits per heavy atom. The van der Waals surface area contributed by atoms with Crippen LogP contribution in [0.1, 0.15) is 11.3 Å². The van der Waals surface area contributed by atoms with Gasteiger partial charge in [0.2, 0.25) is 5.43 Å². The maximum absolute atomic E-state index is 13.3. The van der Waals surface area contributed by atoms with E-state index in [2.05, 4.69) is 10.2 Å². The number of hydrogen-bond acceptors (Lipinski definition) is 7. The molecule has 33 heavy (non-hydrogen) atoms. The summed E-state index contributed by atoms with van der Waals surface area (Å²) in [6, 6.07) is 12.8. The molecule has 0 aliphatic rings. The van der Waals surface area contributed by atoms with Crippen LogP contribution < -0.4 is 10.2 Å². The Labute approximate surface area is 189 Å². The second kappa shape index (κ2) is 9.02. The lowest BCUT2D eigenvalue weighted by atomic mass is 10.1. The minimum absolute atomic E-state index is 0.134. The third-order valence-corrected chi connectivity index (χ3v) is 5.57. The molecule has 0 aliphatic carbocycles. The van der Waals surface area contributed by atoms with Crippen molar-refractivity contribution in [2.24, 2.45) is 0 Å². The smallest absolute Gasteiger partial charge is 0.416 e. The summed E-state index contributed by atoms with van der Waals surface area (Å²) in [5.74, 6) is 0.812. The highest BCUT2D eigenvalue weighted by Crippen LogP contribution is 2.34. The highest BCUT2D eigenvalue weighted by Gasteiger charge is 2.31. The summed E-state index contributed by atoms with van der Waals surface area (Å²) >= 11 is 1.12. The van der Waals surface area contributed by atoms with Crippen LogP contribution in [0.15, 0.2) is 75.2 Å². The van der Waals surface area contributed by atoms with Crippen LogP contribution >= 0.6 is 11.8 Å². The second-order valence-electron chi connectivity index (χ2n) is 6.80. The van der Waals surface area contributed by atoms with Crippen molar-refractivity contribution in [1.82, 2.24) is 14.8 Å². The maximum atomic E-state index is 13.3. The fraction of sp³-hybridized carbons (Fsp3) is 0.136. The van der Waals surface area contributed by atoms with Crippen LogP contribution in [0.2, 0.25) is 0 Å². The van der Waals surface area contributed by atoms with Crippen LogP contribution in [0, 0.1) is 0 Å². The molecule has 0 aliphatic heterocycles. The minimum Gasteiger partial charge on any atom is -0.502 e. The summed E-state index contributed by atoms with van der Waals surface area (Å²) in [4.78, 5) is 11.6. The molecule has 0 amide bonds. The summed E-state index contributed by atoms with van der Waals surface area (Å²) in [7, 11) is 1.52. The second-order valence-corrected chi connectivity index (χ2v) is 7.75. The van der Waals surface area contributed by atoms with Crippen molar-refractivity contribution >= 4 is 11.8 Å². The first-order valence-corrected chi connectivity index (χ1v) is 10.5. The third-order valence-electron chi connectivity index (χ3n) is 4.62. The molecule has 4 aromatic rings. The third kappa shape index (κ3) is 4.87. The first-order chi connectivity index (χ1) is 15.8. The van der Waals surface area contributed by atoms with Gasteiger partial charge in [0.25, 0.3) is 0 Å². The van der Waals surface area contributed by atoms with Gasteiger partial charge in [0.1, 0.15) is 17.8 Å². The van der Waals surface area contributed by atoms with Crippen molar-refractivity contribution in [2.45, 2.75) is 17.1 Å². The SMILES string of the molecule is COc1ccc(-c2nnc(SCc3cc(=O)c(O)co3)n2-c2cccc(C(F)(F)F)c2)cc1. The Morgan fingerprint density at radius 3 is 2.55 bits per heavy atom. The number of halogens is 3. The Hall–Kier alpha value is -3.73. The number of hydrogen-bond donors (Lipinski definition) is 1. The lowest BCUT2D eigenvalue weighted by Gasteiger charge is -2.13. The van der Waals surface area contributed by atoms with Crippen molar-refractivity contribution in [3.8, 4) is 28.6 Å². The predicted octanol–water partition coefficient (Wildman–Crippen LogP) is 4.91. The van der Waals surface area contributed by atoms with Crippen LogP contribution in [-0.2, 0) is 11.9 Å². The van der Waals surface area contributed by atoms with Crippen molar-refractivity contribution in [3.63, 3.8) is 0 Å². The van der Waals surface area contributed by atoms with E-state index in [1.807, 2.05) is 0 Å². The Balaban J connectivity index is 1.77. The van der Waals surface area contributed by atoms with Gasteiger partial charge in [-0.3, -0.25) is 9.36 Å². The van der Waals surface area contributed by atoms with Crippen LogP contribution in [0.5, 0.6) is 11.5 Å². The first kappa shape index (κ1) is 22.5. The zero-order chi connectivity index (χ0) is 23.6. The first-order valence-electron chi connectivity index (χ1n) is 9.47. The normalized spacial score (nSPS) is 11.5. The number of thioether (sulfide) groups is 1. The van der Waals surface area contributed by atoms with E-state index in [-0.39, 0.29) is 22.4 Å². The molecule has 2 heterocycles. The fourth-order valence-electron chi connectivity index (χ4n) is 3.00. The van der Waals surface area contributed by atoms with Crippen molar-refractivity contribution < 1.29 is 27.4 Å². The van der Waals surface area contributed by atoms with Crippen LogP contribution in [0.3, 0.4) is 0 Å². The Morgan fingerprint density at radius 1 is 1.12 bits per heavy atom. The van der Waals surface area contributed by atoms with E-state index in [9.17, 15) is 23.1 Å². The number of aromatic hydroxyl groups is 1. The highest BCUT2D eigenvalue weighted by atomic mass is 32.2. The summed E-state index contributed by atoms with van der Waals surface area (Å²) in [5.41, 5.74) is -0.580. The van der Waals surface area contributed by atoms with Crippen molar-refractivity contribution in [3.05, 3.63) is 82.4 Å². The number of rotatable bonds is 6. The van der Waals surface area contributed by atoms with Gasteiger partial charge >= 0.3 is 6.18 Å². The van der Waals surface area contributed by atoms with Gasteiger partial charge in [-0.15, -0.1) is 10.2 Å². The average Bonchev–Trinajstić information content (AvgIpc) is 3.23. The van der Waals surface area contributed by atoms with Crippen LogP contribution in [0.4, 0.5) is 13.2 Å². The largest absolute Gasteiger partial charge is 0.502 e. The lowest BCUT2D eigenvalue weighted by molar-refractivity contribution is -0.137. The molecule has 0 bridgehead atoms. The average molecular weight is 475 g/mol. The molecule has 1 N–H and O–H groups in total. The number of alkyl halides is 3. The zero-order valence-corrected chi connectivity index (χ0v) is 17.9. The number of nitrogens with zero attached hydrogens (tertiary/aromatic N) is 3. The van der Waals surface area contributed by atoms with E-state index in [1.165, 1.54) is 23.8 Å². The quantitative estimate of drug-likeness (QED) is 0.396. The molecule has 0 fully saturated rings. The lowest BCUT2D eigenvalue weighted by Crippen LogP contribution is -2.07. The molecule has 2 aromatic carbocycles. The summed E-state index contributed by atoms with van der Waals surface area (Å²) in [5, 5.41) is 18.0. The zero-order valence-electron chi connectivity index (χ0n) is 17.0. The fourth-order valence-corrected chi connectivity index (χ4v) is 3.84. The van der Waals surface area contributed by atoms with Gasteiger partial charge in [-0.1, -0.05) is 17.8 Å². The predicted molar refractivity (Wildman–Crippen MR) is 115 cm³/mol. The van der Waals surface area contributed by atoms with Crippen molar-refractivity contribution in [1.29, 1.82) is 0 Å². The monoisotopic (exact) mass is 475 g/mol. The van der Waals surface area contributed by atoms with Crippen LogP contribution in [0.25, 0.3) is 17.1 Å². The van der Waals surface area contributed by atoms with Gasteiger partial charge in [0.05, 0.1) is 24.1 Å². The summed E-state index contributed by atoms with van der Waals surface area (Å²) in [6.45, 7) is 0. The van der Waals surface area contributed by atoms with Gasteiger partial charge in [0, 0.05) is 11.6 Å². The van der Waals surface area contributed by atoms with E-state index in [1.54, 1.807) is 24.3 Å². The van der Waals surface area contributed by atoms with E-state index in [4.69, 9.17) is 9.15 Å². The minimum atomic E-state index is -4.52. The number of methoxy groups -OCH3 is 1. The molecule has 0 saturated heterocycles. The molecule has 0 saturated carbocycles. The molecule has 2 aromatic heterocycles. The molecule has 0 atom stereocenters. The highest BCUT2D eigenvalue weighted by molar-refractivity contribution is 7.98. The van der Waals surface area contributed by atoms with E-state index >= 15 is 0 Å². The molecule has 4 rings (SSSR count). The molecule has 7 nitrogen and oxygen atoms in total. The Kier molecular flexibility index (Phi) is 6.14. The summed E-state index contributed by atoms with van der Waals surface area (Å²) < 4.78 is 51.9. The molecule has 11 heteroatoms. The maximum Gasteiger partial charge on any atom is 0.416 e. The van der Waals surface area contributed by atoms with E-state index in [0.29, 0.717) is 17.1 Å². The van der Waals surface area contributed by atoms with Gasteiger partial charge in [-0.25, -0.2) is 0 Å². The molecular weight excluding hydrogens is 459 g/mol. The van der Waals surface area contributed by atoms with Crippen LogP contribution in [-0.4, -0.2) is 27.0 Å². The molecular formula is C22H16F3N3O4S. The summed E-state index contributed by atoms with van der Waals surface area (Å²) in [6.07, 6.45) is -3.59. The van der Waals surface area contributed by atoms with Gasteiger partial charge in [-0.2, -0.15) is 13.2 Å².